The van der Waals surface area contributed by atoms with Crippen molar-refractivity contribution < 1.29 is 81.2 Å². The summed E-state index contributed by atoms with van der Waals surface area (Å²) in [5.41, 5.74) is 1.61. The van der Waals surface area contributed by atoms with Crippen molar-refractivity contribution in [2.75, 3.05) is 20.3 Å². The highest BCUT2D eigenvalue weighted by molar-refractivity contribution is 6.21. The van der Waals surface area contributed by atoms with Crippen LogP contribution in [0.5, 0.6) is 5.75 Å². The zero-order chi connectivity index (χ0) is 47.8. The van der Waals surface area contributed by atoms with Crippen LogP contribution in [0.15, 0.2) is 109 Å². The molecule has 2 amide bonds. The summed E-state index contributed by atoms with van der Waals surface area (Å²) in [7, 11) is 1.46. The zero-order valence-electron chi connectivity index (χ0n) is 37.3. The summed E-state index contributed by atoms with van der Waals surface area (Å²) in [6.45, 7) is 3.35. The first kappa shape index (κ1) is 48.4. The molecule has 0 aliphatic carbocycles. The summed E-state index contributed by atoms with van der Waals surface area (Å²) in [6, 6.07) is 28.7. The van der Waals surface area contributed by atoms with E-state index in [1.54, 1.807) is 54.6 Å². The second kappa shape index (κ2) is 21.4. The van der Waals surface area contributed by atoms with Crippen LogP contribution in [-0.2, 0) is 80.8 Å². The van der Waals surface area contributed by atoms with Gasteiger partial charge in [0, 0.05) is 33.3 Å². The molecule has 0 aromatic heterocycles. The van der Waals surface area contributed by atoms with Gasteiger partial charge >= 0.3 is 23.9 Å². The SMILES string of the molecule is COc1ccc([C@]2(O)O[C@H](COCc3ccccc3)[C@@H](O[C@@H]3O[C@H](COC(C)=O)[C@H](OC(C)=O)[C@H](OC(C)=O)[C@H]3OC(C)=O)[C@H](OCc3ccccc3)[C@@H]2N2C(=O)c3ccccc3C2=O)cc1. The Kier molecular flexibility index (Phi) is 15.5. The Morgan fingerprint density at radius 3 is 1.70 bits per heavy atom. The fraction of sp³-hybridized carbons (Fsp3) is 0.388. The minimum atomic E-state index is -2.58. The molecule has 0 saturated carbocycles. The smallest absolute Gasteiger partial charge is 0.303 e. The van der Waals surface area contributed by atoms with E-state index in [9.17, 15) is 33.9 Å². The number of benzene rings is 4. The summed E-state index contributed by atoms with van der Waals surface area (Å²) >= 11 is 0. The summed E-state index contributed by atoms with van der Waals surface area (Å²) in [5, 5.41) is 13.4. The molecule has 0 bridgehead atoms. The molecule has 18 nitrogen and oxygen atoms in total. The lowest BCUT2D eigenvalue weighted by Crippen LogP contribution is -2.72. The maximum atomic E-state index is 14.6. The van der Waals surface area contributed by atoms with Crippen molar-refractivity contribution >= 4 is 35.7 Å². The van der Waals surface area contributed by atoms with E-state index in [1.165, 1.54) is 31.4 Å². The minimum absolute atomic E-state index is 0.0464. The van der Waals surface area contributed by atoms with Crippen LogP contribution in [0.3, 0.4) is 0 Å². The number of nitrogens with zero attached hydrogens (tertiary/aromatic N) is 1. The topological polar surface area (TPSA) is 218 Å². The molecule has 0 unspecified atom stereocenters. The van der Waals surface area contributed by atoms with Crippen LogP contribution in [0.4, 0.5) is 0 Å². The van der Waals surface area contributed by atoms with Crippen LogP contribution < -0.4 is 4.74 Å². The van der Waals surface area contributed by atoms with Gasteiger partial charge < -0.3 is 52.5 Å². The van der Waals surface area contributed by atoms with Crippen LogP contribution in [0.25, 0.3) is 0 Å². The number of amides is 2. The Hall–Kier alpha value is -6.54. The first-order valence-corrected chi connectivity index (χ1v) is 21.4. The van der Waals surface area contributed by atoms with Crippen LogP contribution in [0.2, 0.25) is 0 Å². The van der Waals surface area contributed by atoms with E-state index in [0.29, 0.717) is 11.3 Å². The molecule has 0 spiro atoms. The lowest BCUT2D eigenvalue weighted by atomic mass is 9.84. The Bertz CT molecular complexity index is 2360. The third-order valence-corrected chi connectivity index (χ3v) is 11.3. The molecule has 3 heterocycles. The number of hydrogen-bond acceptors (Lipinski definition) is 17. The van der Waals surface area contributed by atoms with E-state index in [0.717, 1.165) is 38.2 Å². The average Bonchev–Trinajstić information content (AvgIpc) is 3.55. The average molecular weight is 926 g/mol. The van der Waals surface area contributed by atoms with Crippen molar-refractivity contribution in [3.8, 4) is 5.75 Å². The molecule has 7 rings (SSSR count). The number of hydrogen-bond donors (Lipinski definition) is 1. The van der Waals surface area contributed by atoms with E-state index in [2.05, 4.69) is 0 Å². The lowest BCUT2D eigenvalue weighted by molar-refractivity contribution is -0.381. The summed E-state index contributed by atoms with van der Waals surface area (Å²) in [5.74, 6) is -7.06. The quantitative estimate of drug-likeness (QED) is 0.0893. The van der Waals surface area contributed by atoms with Crippen LogP contribution in [0.1, 0.15) is 65.1 Å². The standard InChI is InChI=1S/C49H51NO17/c1-28(51)60-27-38-40(62-29(2)52)42(63-30(3)53)44(64-31(4)54)48(65-38)66-41-39(26-59-24-32-14-8-6-9-15-32)67-49(57,34-20-22-35(58-5)23-21-34)45(43(41)61-25-33-16-10-7-11-17-33)50-46(55)36-18-12-13-19-37(36)47(50)56/h6-23,38-45,48,57H,24-27H2,1-5H3/t38-,39-,40+,41-,42+,43+,44-,45+,48+,49+/m1/s1. The molecule has 4 aromatic rings. The molecule has 0 radical (unpaired) electrons. The monoisotopic (exact) mass is 925 g/mol. The second-order valence-corrected chi connectivity index (χ2v) is 16.0. The molecular weight excluding hydrogens is 875 g/mol. The third kappa shape index (κ3) is 11.0. The molecule has 10 atom stereocenters. The zero-order valence-corrected chi connectivity index (χ0v) is 37.3. The van der Waals surface area contributed by atoms with Gasteiger partial charge in [0.25, 0.3) is 11.8 Å². The van der Waals surface area contributed by atoms with Gasteiger partial charge in [-0.25, -0.2) is 0 Å². The highest BCUT2D eigenvalue weighted by Crippen LogP contribution is 2.46. The number of rotatable bonds is 17. The molecule has 18 heteroatoms. The molecule has 354 valence electrons. The minimum Gasteiger partial charge on any atom is -0.497 e. The number of fused-ring (bicyclic) bond motifs is 1. The number of aliphatic hydroxyl groups is 1. The van der Waals surface area contributed by atoms with E-state index in [1.807, 2.05) is 30.3 Å². The van der Waals surface area contributed by atoms with Gasteiger partial charge in [-0.2, -0.15) is 0 Å². The van der Waals surface area contributed by atoms with Crippen LogP contribution >= 0.6 is 0 Å². The van der Waals surface area contributed by atoms with Crippen LogP contribution in [-0.4, -0.2) is 121 Å². The highest BCUT2D eigenvalue weighted by atomic mass is 16.8. The Morgan fingerprint density at radius 2 is 1.15 bits per heavy atom. The van der Waals surface area contributed by atoms with E-state index in [4.69, 9.17) is 47.4 Å². The van der Waals surface area contributed by atoms with Gasteiger partial charge in [-0.15, -0.1) is 0 Å². The van der Waals surface area contributed by atoms with Gasteiger partial charge in [0.2, 0.25) is 5.79 Å². The van der Waals surface area contributed by atoms with Crippen molar-refractivity contribution in [3.05, 3.63) is 137 Å². The Balaban J connectivity index is 1.41. The molecule has 1 N–H and O–H groups in total. The Morgan fingerprint density at radius 1 is 0.612 bits per heavy atom. The highest BCUT2D eigenvalue weighted by Gasteiger charge is 2.64. The van der Waals surface area contributed by atoms with Crippen molar-refractivity contribution in [1.82, 2.24) is 4.90 Å². The maximum Gasteiger partial charge on any atom is 0.303 e. The Labute approximate surface area is 385 Å². The van der Waals surface area contributed by atoms with Gasteiger partial charge in [-0.3, -0.25) is 33.7 Å². The van der Waals surface area contributed by atoms with Gasteiger partial charge in [0.15, 0.2) is 24.6 Å². The molecule has 67 heavy (non-hydrogen) atoms. The fourth-order valence-corrected chi connectivity index (χ4v) is 8.40. The summed E-state index contributed by atoms with van der Waals surface area (Å²) in [4.78, 5) is 80.6. The fourth-order valence-electron chi connectivity index (χ4n) is 8.40. The third-order valence-electron chi connectivity index (χ3n) is 11.3. The largest absolute Gasteiger partial charge is 0.497 e. The van der Waals surface area contributed by atoms with E-state index < -0.39 is 103 Å². The predicted octanol–water partition coefficient (Wildman–Crippen LogP) is 4.17. The van der Waals surface area contributed by atoms with Gasteiger partial charge in [0.1, 0.15) is 42.8 Å². The predicted molar refractivity (Wildman–Crippen MR) is 230 cm³/mol. The molecule has 2 fully saturated rings. The van der Waals surface area contributed by atoms with Crippen LogP contribution in [0, 0.1) is 0 Å². The number of carbonyl (C=O) groups is 6. The van der Waals surface area contributed by atoms with Gasteiger partial charge in [-0.1, -0.05) is 72.8 Å². The molecule has 2 saturated heterocycles. The normalized spacial score (nSPS) is 26.8. The molecule has 3 aliphatic heterocycles. The van der Waals surface area contributed by atoms with Crippen molar-refractivity contribution in [2.45, 2.75) is 102 Å². The number of esters is 4. The first-order valence-electron chi connectivity index (χ1n) is 21.4. The summed E-state index contributed by atoms with van der Waals surface area (Å²) < 4.78 is 60.9. The first-order chi connectivity index (χ1) is 32.2. The molecule has 4 aromatic carbocycles. The maximum absolute atomic E-state index is 14.6. The van der Waals surface area contributed by atoms with Gasteiger partial charge in [-0.05, 0) is 47.5 Å². The van der Waals surface area contributed by atoms with Gasteiger partial charge in [0.05, 0.1) is 38.1 Å². The summed E-state index contributed by atoms with van der Waals surface area (Å²) in [6.07, 6.45) is -12.6. The lowest BCUT2D eigenvalue weighted by Gasteiger charge is -2.54. The van der Waals surface area contributed by atoms with Crippen molar-refractivity contribution in [2.24, 2.45) is 0 Å². The number of imide groups is 1. The molecule has 3 aliphatic rings. The number of carbonyl (C=O) groups excluding carboxylic acids is 6. The van der Waals surface area contributed by atoms with E-state index in [-0.39, 0.29) is 36.5 Å². The number of ether oxygens (including phenoxy) is 10. The van der Waals surface area contributed by atoms with Crippen molar-refractivity contribution in [3.63, 3.8) is 0 Å². The van der Waals surface area contributed by atoms with Crippen molar-refractivity contribution in [1.29, 1.82) is 0 Å². The number of methoxy groups -OCH3 is 1. The van der Waals surface area contributed by atoms with E-state index >= 15 is 0 Å². The second-order valence-electron chi connectivity index (χ2n) is 16.0. The molecular formula is C49H51NO17.